The molecule has 3 heteroatoms. The number of rotatable bonds is 6. The maximum absolute atomic E-state index is 11.7. The number of nitrogens with one attached hydrogen (secondary N) is 1. The summed E-state index contributed by atoms with van der Waals surface area (Å²) in [6.07, 6.45) is 8.76. The Morgan fingerprint density at radius 3 is 2.71 bits per heavy atom. The minimum absolute atomic E-state index is 0.0593. The highest BCUT2D eigenvalue weighted by molar-refractivity contribution is 5.71. The second-order valence-corrected chi connectivity index (χ2v) is 5.56. The third-order valence-corrected chi connectivity index (χ3v) is 4.05. The van der Waals surface area contributed by atoms with Crippen LogP contribution in [0.5, 0.6) is 0 Å². The molecule has 0 aliphatic heterocycles. The number of ether oxygens (including phenoxy) is 1. The molecule has 0 aromatic carbocycles. The first-order valence-electron chi connectivity index (χ1n) is 7.19. The van der Waals surface area contributed by atoms with Gasteiger partial charge in [-0.2, -0.15) is 0 Å². The van der Waals surface area contributed by atoms with Gasteiger partial charge in [-0.05, 0) is 56.9 Å². The van der Waals surface area contributed by atoms with Gasteiger partial charge >= 0.3 is 5.97 Å². The van der Waals surface area contributed by atoms with Crippen LogP contribution in [-0.4, -0.2) is 25.2 Å². The summed E-state index contributed by atoms with van der Waals surface area (Å²) in [4.78, 5) is 11.7. The monoisotopic (exact) mass is 239 g/mol. The lowest BCUT2D eigenvalue weighted by Gasteiger charge is -2.30. The fourth-order valence-electron chi connectivity index (χ4n) is 2.71. The molecular weight excluding hydrogens is 214 g/mol. The van der Waals surface area contributed by atoms with E-state index >= 15 is 0 Å². The summed E-state index contributed by atoms with van der Waals surface area (Å²) in [7, 11) is 0. The molecule has 3 nitrogen and oxygen atoms in total. The Hall–Kier alpha value is -0.570. The molecular formula is C14H25NO2. The molecule has 0 spiro atoms. The Balaban J connectivity index is 1.64. The summed E-state index contributed by atoms with van der Waals surface area (Å²) >= 11 is 0. The van der Waals surface area contributed by atoms with Crippen molar-refractivity contribution >= 4 is 5.97 Å². The SMILES string of the molecule is CCC1CCCCC1OC(=O)CNCC1CC1. The van der Waals surface area contributed by atoms with E-state index in [1.165, 1.54) is 32.1 Å². The number of carbonyl (C=O) groups is 1. The van der Waals surface area contributed by atoms with E-state index in [1.54, 1.807) is 0 Å². The molecule has 2 aliphatic rings. The van der Waals surface area contributed by atoms with Crippen molar-refractivity contribution in [2.45, 2.75) is 58.0 Å². The zero-order valence-corrected chi connectivity index (χ0v) is 10.9. The Morgan fingerprint density at radius 1 is 1.24 bits per heavy atom. The zero-order chi connectivity index (χ0) is 12.1. The van der Waals surface area contributed by atoms with Crippen molar-refractivity contribution in [3.63, 3.8) is 0 Å². The minimum Gasteiger partial charge on any atom is -0.461 e. The maximum atomic E-state index is 11.7. The molecule has 2 fully saturated rings. The molecule has 2 saturated carbocycles. The summed E-state index contributed by atoms with van der Waals surface area (Å²) in [6.45, 7) is 3.57. The van der Waals surface area contributed by atoms with E-state index < -0.39 is 0 Å². The van der Waals surface area contributed by atoms with Crippen LogP contribution in [0.3, 0.4) is 0 Å². The summed E-state index contributed by atoms with van der Waals surface area (Å²) in [6, 6.07) is 0. The lowest BCUT2D eigenvalue weighted by molar-refractivity contribution is -0.152. The first-order valence-corrected chi connectivity index (χ1v) is 7.19. The predicted molar refractivity (Wildman–Crippen MR) is 67.7 cm³/mol. The molecule has 0 radical (unpaired) electrons. The largest absolute Gasteiger partial charge is 0.461 e. The van der Waals surface area contributed by atoms with Crippen molar-refractivity contribution in [3.05, 3.63) is 0 Å². The van der Waals surface area contributed by atoms with Crippen LogP contribution in [-0.2, 0) is 9.53 Å². The van der Waals surface area contributed by atoms with Gasteiger partial charge in [-0.25, -0.2) is 0 Å². The predicted octanol–water partition coefficient (Wildman–Crippen LogP) is 2.50. The molecule has 2 unspecified atom stereocenters. The minimum atomic E-state index is -0.0593. The van der Waals surface area contributed by atoms with E-state index in [2.05, 4.69) is 12.2 Å². The third-order valence-electron chi connectivity index (χ3n) is 4.05. The first-order chi connectivity index (χ1) is 8.29. The van der Waals surface area contributed by atoms with Crippen molar-refractivity contribution < 1.29 is 9.53 Å². The van der Waals surface area contributed by atoms with E-state index in [4.69, 9.17) is 4.74 Å². The fourth-order valence-corrected chi connectivity index (χ4v) is 2.71. The van der Waals surface area contributed by atoms with E-state index in [1.807, 2.05) is 0 Å². The average Bonchev–Trinajstić information content (AvgIpc) is 3.14. The van der Waals surface area contributed by atoms with Crippen LogP contribution >= 0.6 is 0 Å². The van der Waals surface area contributed by atoms with Gasteiger partial charge in [0.15, 0.2) is 0 Å². The van der Waals surface area contributed by atoms with Gasteiger partial charge in [-0.3, -0.25) is 4.79 Å². The normalized spacial score (nSPS) is 29.0. The van der Waals surface area contributed by atoms with Gasteiger partial charge in [0.2, 0.25) is 0 Å². The standard InChI is InChI=1S/C14H25NO2/c1-2-12-5-3-4-6-13(12)17-14(16)10-15-9-11-7-8-11/h11-13,15H,2-10H2,1H3. The lowest BCUT2D eigenvalue weighted by atomic mass is 9.85. The molecule has 0 aromatic rings. The van der Waals surface area contributed by atoms with Gasteiger partial charge in [-0.1, -0.05) is 13.3 Å². The summed E-state index contributed by atoms with van der Waals surface area (Å²) in [5.74, 6) is 1.35. The van der Waals surface area contributed by atoms with Crippen LogP contribution in [0.25, 0.3) is 0 Å². The molecule has 2 rings (SSSR count). The highest BCUT2D eigenvalue weighted by Crippen LogP contribution is 2.29. The van der Waals surface area contributed by atoms with Gasteiger partial charge in [0, 0.05) is 0 Å². The van der Waals surface area contributed by atoms with E-state index in [-0.39, 0.29) is 12.1 Å². The molecule has 0 aromatic heterocycles. The molecule has 0 heterocycles. The van der Waals surface area contributed by atoms with Crippen molar-refractivity contribution in [1.82, 2.24) is 5.32 Å². The number of hydrogen-bond acceptors (Lipinski definition) is 3. The van der Waals surface area contributed by atoms with E-state index in [9.17, 15) is 4.79 Å². The topological polar surface area (TPSA) is 38.3 Å². The van der Waals surface area contributed by atoms with Gasteiger partial charge in [0.25, 0.3) is 0 Å². The van der Waals surface area contributed by atoms with E-state index in [0.29, 0.717) is 12.5 Å². The van der Waals surface area contributed by atoms with Crippen LogP contribution in [0.15, 0.2) is 0 Å². The lowest BCUT2D eigenvalue weighted by Crippen LogP contribution is -2.34. The Morgan fingerprint density at radius 2 is 2.00 bits per heavy atom. The third kappa shape index (κ3) is 4.30. The second-order valence-electron chi connectivity index (χ2n) is 5.56. The highest BCUT2D eigenvalue weighted by Gasteiger charge is 2.27. The second kappa shape index (κ2) is 6.39. The van der Waals surface area contributed by atoms with Crippen LogP contribution < -0.4 is 5.32 Å². The quantitative estimate of drug-likeness (QED) is 0.724. The summed E-state index contributed by atoms with van der Waals surface area (Å²) in [5, 5.41) is 3.19. The molecule has 98 valence electrons. The number of esters is 1. The first kappa shape index (κ1) is 12.9. The maximum Gasteiger partial charge on any atom is 0.320 e. The molecule has 17 heavy (non-hydrogen) atoms. The van der Waals surface area contributed by atoms with Gasteiger partial charge in [0.05, 0.1) is 6.54 Å². The van der Waals surface area contributed by atoms with Crippen molar-refractivity contribution in [2.24, 2.45) is 11.8 Å². The summed E-state index contributed by atoms with van der Waals surface area (Å²) in [5.41, 5.74) is 0. The number of hydrogen-bond donors (Lipinski definition) is 1. The molecule has 0 saturated heterocycles. The Labute approximate surface area is 104 Å². The average molecular weight is 239 g/mol. The molecule has 0 bridgehead atoms. The van der Waals surface area contributed by atoms with Crippen LogP contribution in [0.4, 0.5) is 0 Å². The number of carbonyl (C=O) groups excluding carboxylic acids is 1. The van der Waals surface area contributed by atoms with Crippen LogP contribution in [0.1, 0.15) is 51.9 Å². The smallest absolute Gasteiger partial charge is 0.320 e. The molecule has 0 amide bonds. The van der Waals surface area contributed by atoms with Crippen molar-refractivity contribution in [2.75, 3.05) is 13.1 Å². The Kier molecular flexibility index (Phi) is 4.84. The van der Waals surface area contributed by atoms with Crippen LogP contribution in [0.2, 0.25) is 0 Å². The summed E-state index contributed by atoms with van der Waals surface area (Å²) < 4.78 is 5.60. The van der Waals surface area contributed by atoms with Crippen molar-refractivity contribution in [3.8, 4) is 0 Å². The molecule has 2 atom stereocenters. The van der Waals surface area contributed by atoms with Gasteiger partial charge in [0.1, 0.15) is 6.10 Å². The Bertz CT molecular complexity index is 251. The fraction of sp³-hybridized carbons (Fsp3) is 0.929. The van der Waals surface area contributed by atoms with Crippen molar-refractivity contribution in [1.29, 1.82) is 0 Å². The molecule has 2 aliphatic carbocycles. The van der Waals surface area contributed by atoms with Gasteiger partial charge in [-0.15, -0.1) is 0 Å². The molecule has 1 N–H and O–H groups in total. The zero-order valence-electron chi connectivity index (χ0n) is 10.9. The highest BCUT2D eigenvalue weighted by atomic mass is 16.5. The van der Waals surface area contributed by atoms with Crippen LogP contribution in [0, 0.1) is 11.8 Å². The van der Waals surface area contributed by atoms with E-state index in [0.717, 1.165) is 25.3 Å². The van der Waals surface area contributed by atoms with Gasteiger partial charge < -0.3 is 10.1 Å².